The lowest BCUT2D eigenvalue weighted by atomic mass is 9.99. The fourth-order valence-corrected chi connectivity index (χ4v) is 3.06. The first kappa shape index (κ1) is 20.6. The number of hydrogen-bond donors (Lipinski definition) is 2. The molecule has 3 N–H and O–H groups in total. The molecule has 0 bridgehead atoms. The van der Waals surface area contributed by atoms with Gasteiger partial charge >= 0.3 is 5.97 Å². The first-order valence-electron chi connectivity index (χ1n) is 8.61. The number of carboxylic acid groups (broad SMARTS) is 1. The number of aliphatic carboxylic acids is 1. The predicted octanol–water partition coefficient (Wildman–Crippen LogP) is 4.87. The second kappa shape index (κ2) is 9.80. The van der Waals surface area contributed by atoms with Gasteiger partial charge in [-0.3, -0.25) is 9.59 Å². The largest absolute Gasteiger partial charge is 0.481 e. The number of nitrogens with two attached hydrogens (primary N) is 1. The van der Waals surface area contributed by atoms with Gasteiger partial charge in [-0.1, -0.05) is 60.7 Å². The molecule has 0 amide bonds. The molecule has 0 fully saturated rings. The molecule has 140 valence electrons. The molecular weight excluding hydrogens is 358 g/mol. The quantitative estimate of drug-likeness (QED) is 0.618. The van der Waals surface area contributed by atoms with Crippen molar-refractivity contribution in [3.63, 3.8) is 0 Å². The van der Waals surface area contributed by atoms with Gasteiger partial charge in [-0.05, 0) is 36.4 Å². The number of benzene rings is 2. The lowest BCUT2D eigenvalue weighted by Gasteiger charge is -2.06. The summed E-state index contributed by atoms with van der Waals surface area (Å²) in [6.07, 6.45) is 0. The van der Waals surface area contributed by atoms with Crippen molar-refractivity contribution < 1.29 is 14.7 Å². The van der Waals surface area contributed by atoms with Gasteiger partial charge in [-0.15, -0.1) is 11.3 Å². The summed E-state index contributed by atoms with van der Waals surface area (Å²) in [4.78, 5) is 23.5. The Bertz CT molecular complexity index is 856. The Morgan fingerprint density at radius 1 is 0.889 bits per heavy atom. The van der Waals surface area contributed by atoms with Crippen molar-refractivity contribution in [1.82, 2.24) is 0 Å². The SMILES string of the molecule is CC(C(=O)O)c1ccc(C(=O)c2cccs2)cc1.CC(N)c1ccccc1. The van der Waals surface area contributed by atoms with Crippen molar-refractivity contribution in [2.24, 2.45) is 5.73 Å². The number of hydrogen-bond acceptors (Lipinski definition) is 4. The third-order valence-electron chi connectivity index (χ3n) is 4.11. The molecule has 0 radical (unpaired) electrons. The van der Waals surface area contributed by atoms with Crippen LogP contribution < -0.4 is 5.73 Å². The van der Waals surface area contributed by atoms with Gasteiger partial charge in [0.25, 0.3) is 0 Å². The summed E-state index contributed by atoms with van der Waals surface area (Å²) in [6, 6.07) is 20.6. The van der Waals surface area contributed by atoms with Crippen LogP contribution in [0.4, 0.5) is 0 Å². The van der Waals surface area contributed by atoms with Crippen LogP contribution in [0.15, 0.2) is 72.1 Å². The Kier molecular flexibility index (Phi) is 7.46. The molecular formula is C22H23NO3S. The number of rotatable bonds is 5. The maximum absolute atomic E-state index is 12.0. The molecule has 3 rings (SSSR count). The molecule has 2 atom stereocenters. The van der Waals surface area contributed by atoms with E-state index in [1.165, 1.54) is 16.9 Å². The minimum atomic E-state index is -0.868. The zero-order chi connectivity index (χ0) is 19.8. The minimum Gasteiger partial charge on any atom is -0.481 e. The summed E-state index contributed by atoms with van der Waals surface area (Å²) in [5.74, 6) is -1.46. The van der Waals surface area contributed by atoms with Crippen molar-refractivity contribution in [3.8, 4) is 0 Å². The van der Waals surface area contributed by atoms with Gasteiger partial charge in [-0.2, -0.15) is 0 Å². The van der Waals surface area contributed by atoms with Crippen molar-refractivity contribution in [1.29, 1.82) is 0 Å². The highest BCUT2D eigenvalue weighted by Crippen LogP contribution is 2.19. The molecule has 27 heavy (non-hydrogen) atoms. The van der Waals surface area contributed by atoms with Gasteiger partial charge in [0.05, 0.1) is 10.8 Å². The zero-order valence-corrected chi connectivity index (χ0v) is 16.1. The standard InChI is InChI=1S/C14H12O3S.C8H11N/c1-9(14(16)17)10-4-6-11(7-5-10)13(15)12-3-2-8-18-12;1-7(9)8-5-3-2-4-6-8/h2-9H,1H3,(H,16,17);2-7H,9H2,1H3. The molecule has 1 aromatic heterocycles. The van der Waals surface area contributed by atoms with E-state index in [1.807, 2.05) is 48.7 Å². The van der Waals surface area contributed by atoms with Gasteiger partial charge in [0.1, 0.15) is 0 Å². The number of carbonyl (C=O) groups is 2. The van der Waals surface area contributed by atoms with Gasteiger partial charge in [0.15, 0.2) is 0 Å². The molecule has 0 saturated heterocycles. The summed E-state index contributed by atoms with van der Waals surface area (Å²) in [5, 5.41) is 10.8. The molecule has 5 heteroatoms. The first-order valence-corrected chi connectivity index (χ1v) is 9.49. The van der Waals surface area contributed by atoms with Crippen LogP contribution in [0.25, 0.3) is 0 Å². The lowest BCUT2D eigenvalue weighted by Crippen LogP contribution is -2.07. The summed E-state index contributed by atoms with van der Waals surface area (Å²) in [6.45, 7) is 3.60. The van der Waals surface area contributed by atoms with Crippen LogP contribution in [-0.4, -0.2) is 16.9 Å². The highest BCUT2D eigenvalue weighted by molar-refractivity contribution is 7.12. The normalized spacial score (nSPS) is 12.4. The molecule has 3 aromatic rings. The van der Waals surface area contributed by atoms with Crippen LogP contribution in [0, 0.1) is 0 Å². The van der Waals surface area contributed by atoms with E-state index in [1.54, 1.807) is 37.3 Å². The molecule has 1 heterocycles. The van der Waals surface area contributed by atoms with E-state index < -0.39 is 11.9 Å². The van der Waals surface area contributed by atoms with Gasteiger partial charge in [-0.25, -0.2) is 0 Å². The Morgan fingerprint density at radius 3 is 1.96 bits per heavy atom. The summed E-state index contributed by atoms with van der Waals surface area (Å²) in [7, 11) is 0. The Hall–Kier alpha value is -2.76. The van der Waals surface area contributed by atoms with E-state index >= 15 is 0 Å². The smallest absolute Gasteiger partial charge is 0.310 e. The van der Waals surface area contributed by atoms with Crippen molar-refractivity contribution >= 4 is 23.1 Å². The van der Waals surface area contributed by atoms with Crippen LogP contribution in [0.3, 0.4) is 0 Å². The van der Waals surface area contributed by atoms with Crippen LogP contribution in [-0.2, 0) is 4.79 Å². The number of carbonyl (C=O) groups excluding carboxylic acids is 1. The van der Waals surface area contributed by atoms with Crippen LogP contribution >= 0.6 is 11.3 Å². The van der Waals surface area contributed by atoms with E-state index in [-0.39, 0.29) is 11.8 Å². The fraction of sp³-hybridized carbons (Fsp3) is 0.182. The maximum Gasteiger partial charge on any atom is 0.310 e. The molecule has 2 aromatic carbocycles. The highest BCUT2D eigenvalue weighted by atomic mass is 32.1. The second-order valence-corrected chi connectivity index (χ2v) is 7.14. The van der Waals surface area contributed by atoms with Crippen molar-refractivity contribution in [3.05, 3.63) is 93.7 Å². The third-order valence-corrected chi connectivity index (χ3v) is 4.98. The average molecular weight is 381 g/mol. The highest BCUT2D eigenvalue weighted by Gasteiger charge is 2.15. The molecule has 0 aliphatic carbocycles. The van der Waals surface area contributed by atoms with Gasteiger partial charge < -0.3 is 10.8 Å². The second-order valence-electron chi connectivity index (χ2n) is 6.19. The topological polar surface area (TPSA) is 80.4 Å². The number of ketones is 1. The van der Waals surface area contributed by atoms with E-state index in [0.717, 1.165) is 0 Å². The summed E-state index contributed by atoms with van der Waals surface area (Å²) >= 11 is 1.40. The Morgan fingerprint density at radius 2 is 1.52 bits per heavy atom. The molecule has 4 nitrogen and oxygen atoms in total. The van der Waals surface area contributed by atoms with Gasteiger partial charge in [0.2, 0.25) is 5.78 Å². The van der Waals surface area contributed by atoms with Crippen LogP contribution in [0.1, 0.15) is 52.2 Å². The zero-order valence-electron chi connectivity index (χ0n) is 15.3. The Balaban J connectivity index is 0.000000244. The van der Waals surface area contributed by atoms with E-state index in [0.29, 0.717) is 16.0 Å². The van der Waals surface area contributed by atoms with Gasteiger partial charge in [0, 0.05) is 11.6 Å². The molecule has 0 spiro atoms. The fourth-order valence-electron chi connectivity index (χ4n) is 2.37. The monoisotopic (exact) mass is 381 g/mol. The molecule has 0 aliphatic rings. The molecule has 0 aliphatic heterocycles. The molecule has 0 saturated carbocycles. The van der Waals surface area contributed by atoms with Crippen molar-refractivity contribution in [2.75, 3.05) is 0 Å². The van der Waals surface area contributed by atoms with Crippen molar-refractivity contribution in [2.45, 2.75) is 25.8 Å². The van der Waals surface area contributed by atoms with E-state index in [2.05, 4.69) is 0 Å². The summed E-state index contributed by atoms with van der Waals surface area (Å²) in [5.41, 5.74) is 8.09. The maximum atomic E-state index is 12.0. The lowest BCUT2D eigenvalue weighted by molar-refractivity contribution is -0.138. The summed E-state index contributed by atoms with van der Waals surface area (Å²) < 4.78 is 0. The third kappa shape index (κ3) is 5.88. The Labute approximate surface area is 163 Å². The van der Waals surface area contributed by atoms with Crippen LogP contribution in [0.2, 0.25) is 0 Å². The molecule has 2 unspecified atom stereocenters. The minimum absolute atomic E-state index is 0.0282. The average Bonchev–Trinajstić information content (AvgIpc) is 3.23. The first-order chi connectivity index (χ1) is 12.9. The predicted molar refractivity (Wildman–Crippen MR) is 109 cm³/mol. The number of carboxylic acids is 1. The van der Waals surface area contributed by atoms with E-state index in [9.17, 15) is 9.59 Å². The number of thiophene rings is 1. The van der Waals surface area contributed by atoms with Crippen LogP contribution in [0.5, 0.6) is 0 Å². The van der Waals surface area contributed by atoms with E-state index in [4.69, 9.17) is 10.8 Å².